The topological polar surface area (TPSA) is 54.3 Å². The monoisotopic (exact) mass is 377 g/mol. The molecule has 28 heavy (non-hydrogen) atoms. The lowest BCUT2D eigenvalue weighted by molar-refractivity contribution is -0.117. The molecule has 2 aromatic carbocycles. The molecular formula is C22H20FN3O2. The summed E-state index contributed by atoms with van der Waals surface area (Å²) in [7, 11) is 0. The molecule has 0 radical (unpaired) electrons. The fourth-order valence-corrected chi connectivity index (χ4v) is 3.45. The Labute approximate surface area is 162 Å². The van der Waals surface area contributed by atoms with Crippen molar-refractivity contribution in [1.82, 2.24) is 9.47 Å². The number of rotatable bonds is 5. The minimum absolute atomic E-state index is 0.218. The van der Waals surface area contributed by atoms with Crippen LogP contribution in [0, 0.1) is 5.82 Å². The third-order valence-corrected chi connectivity index (χ3v) is 4.83. The zero-order chi connectivity index (χ0) is 19.5. The average Bonchev–Trinajstić information content (AvgIpc) is 3.09. The average molecular weight is 377 g/mol. The van der Waals surface area contributed by atoms with Gasteiger partial charge in [0.25, 0.3) is 5.56 Å². The Bertz CT molecular complexity index is 1030. The molecule has 4 rings (SSSR count). The second-order valence-corrected chi connectivity index (χ2v) is 6.94. The predicted molar refractivity (Wildman–Crippen MR) is 105 cm³/mol. The van der Waals surface area contributed by atoms with E-state index in [1.54, 1.807) is 30.5 Å². The molecule has 2 heterocycles. The molecule has 1 aliphatic rings. The fourth-order valence-electron chi connectivity index (χ4n) is 3.45. The van der Waals surface area contributed by atoms with E-state index in [4.69, 9.17) is 0 Å². The van der Waals surface area contributed by atoms with Crippen LogP contribution in [0.5, 0.6) is 0 Å². The van der Waals surface area contributed by atoms with Gasteiger partial charge in [-0.2, -0.15) is 0 Å². The molecule has 0 saturated carbocycles. The minimum atomic E-state index is -0.318. The summed E-state index contributed by atoms with van der Waals surface area (Å²) in [5.41, 5.74) is 3.23. The van der Waals surface area contributed by atoms with Crippen molar-refractivity contribution >= 4 is 11.6 Å². The number of hydrogen-bond acceptors (Lipinski definition) is 3. The van der Waals surface area contributed by atoms with Crippen LogP contribution in [-0.4, -0.2) is 21.9 Å². The summed E-state index contributed by atoms with van der Waals surface area (Å²) >= 11 is 0. The highest BCUT2D eigenvalue weighted by atomic mass is 19.1. The first-order valence-corrected chi connectivity index (χ1v) is 9.11. The van der Waals surface area contributed by atoms with E-state index in [1.807, 2.05) is 17.0 Å². The van der Waals surface area contributed by atoms with E-state index < -0.39 is 0 Å². The predicted octanol–water partition coefficient (Wildman–Crippen LogP) is 2.99. The van der Waals surface area contributed by atoms with Gasteiger partial charge >= 0.3 is 0 Å². The number of amides is 1. The number of anilines is 1. The standard InChI is InChI=1S/C22H20FN3O2/c23-19-9-7-16(8-10-19)12-26-11-3-6-20(22(26)28)24-21(27)15-25-13-17-4-1-2-5-18(17)14-25/h1-11H,12-15H2,(H,24,27). The highest BCUT2D eigenvalue weighted by Gasteiger charge is 2.20. The second-order valence-electron chi connectivity index (χ2n) is 6.94. The first kappa shape index (κ1) is 18.1. The molecule has 0 bridgehead atoms. The summed E-state index contributed by atoms with van der Waals surface area (Å²) in [4.78, 5) is 27.1. The van der Waals surface area contributed by atoms with E-state index in [-0.39, 0.29) is 29.5 Å². The summed E-state index contributed by atoms with van der Waals surface area (Å²) < 4.78 is 14.5. The molecule has 3 aromatic rings. The Morgan fingerprint density at radius 1 is 0.964 bits per heavy atom. The van der Waals surface area contributed by atoms with Crippen LogP contribution in [0.15, 0.2) is 71.7 Å². The highest BCUT2D eigenvalue weighted by molar-refractivity contribution is 5.92. The molecule has 1 N–H and O–H groups in total. The SMILES string of the molecule is O=C(CN1Cc2ccccc2C1)Nc1cccn(Cc2ccc(F)cc2)c1=O. The molecule has 1 aliphatic heterocycles. The van der Waals surface area contributed by atoms with Crippen LogP contribution in [0.1, 0.15) is 16.7 Å². The van der Waals surface area contributed by atoms with Gasteiger partial charge in [0.15, 0.2) is 0 Å². The van der Waals surface area contributed by atoms with Crippen LogP contribution in [-0.2, 0) is 24.4 Å². The molecular weight excluding hydrogens is 357 g/mol. The van der Waals surface area contributed by atoms with Crippen LogP contribution in [0.25, 0.3) is 0 Å². The van der Waals surface area contributed by atoms with Crippen LogP contribution < -0.4 is 10.9 Å². The maximum atomic E-state index is 13.0. The lowest BCUT2D eigenvalue weighted by Crippen LogP contribution is -2.32. The van der Waals surface area contributed by atoms with Crippen molar-refractivity contribution in [2.24, 2.45) is 0 Å². The summed E-state index contributed by atoms with van der Waals surface area (Å²) in [5.74, 6) is -0.536. The Morgan fingerprint density at radius 3 is 2.32 bits per heavy atom. The van der Waals surface area contributed by atoms with Gasteiger partial charge in [0.1, 0.15) is 11.5 Å². The summed E-state index contributed by atoms with van der Waals surface area (Å²) in [6, 6.07) is 17.4. The number of nitrogens with zero attached hydrogens (tertiary/aromatic N) is 2. The van der Waals surface area contributed by atoms with Gasteiger partial charge in [-0.3, -0.25) is 14.5 Å². The number of hydrogen-bond donors (Lipinski definition) is 1. The van der Waals surface area contributed by atoms with Gasteiger partial charge in [0.05, 0.1) is 13.1 Å². The fraction of sp³-hybridized carbons (Fsp3) is 0.182. The van der Waals surface area contributed by atoms with E-state index >= 15 is 0 Å². The molecule has 0 aliphatic carbocycles. The number of fused-ring (bicyclic) bond motifs is 1. The first-order valence-electron chi connectivity index (χ1n) is 9.11. The lowest BCUT2D eigenvalue weighted by Gasteiger charge is -2.15. The van der Waals surface area contributed by atoms with Gasteiger partial charge in [0, 0.05) is 19.3 Å². The maximum absolute atomic E-state index is 13.0. The Balaban J connectivity index is 1.41. The number of nitrogens with one attached hydrogen (secondary N) is 1. The van der Waals surface area contributed by atoms with Gasteiger partial charge in [-0.25, -0.2) is 4.39 Å². The van der Waals surface area contributed by atoms with Gasteiger partial charge < -0.3 is 9.88 Å². The van der Waals surface area contributed by atoms with Crippen molar-refractivity contribution in [1.29, 1.82) is 0 Å². The Hall–Kier alpha value is -3.25. The van der Waals surface area contributed by atoms with Crippen molar-refractivity contribution in [2.75, 3.05) is 11.9 Å². The van der Waals surface area contributed by atoms with Crippen LogP contribution in [0.4, 0.5) is 10.1 Å². The Morgan fingerprint density at radius 2 is 1.64 bits per heavy atom. The number of aromatic nitrogens is 1. The lowest BCUT2D eigenvalue weighted by atomic mass is 10.1. The molecule has 0 unspecified atom stereocenters. The summed E-state index contributed by atoms with van der Waals surface area (Å²) in [6.07, 6.45) is 1.65. The molecule has 5 nitrogen and oxygen atoms in total. The largest absolute Gasteiger partial charge is 0.320 e. The smallest absolute Gasteiger partial charge is 0.274 e. The minimum Gasteiger partial charge on any atom is -0.320 e. The van der Waals surface area contributed by atoms with E-state index in [0.717, 1.165) is 18.7 Å². The molecule has 0 saturated heterocycles. The van der Waals surface area contributed by atoms with E-state index in [2.05, 4.69) is 17.4 Å². The van der Waals surface area contributed by atoms with Crippen molar-refractivity contribution in [3.8, 4) is 0 Å². The molecule has 0 atom stereocenters. The third-order valence-electron chi connectivity index (χ3n) is 4.83. The summed E-state index contributed by atoms with van der Waals surface area (Å²) in [6.45, 7) is 1.99. The number of carbonyl (C=O) groups is 1. The quantitative estimate of drug-likeness (QED) is 0.744. The van der Waals surface area contributed by atoms with Gasteiger partial charge in [-0.1, -0.05) is 36.4 Å². The molecule has 1 aromatic heterocycles. The van der Waals surface area contributed by atoms with Gasteiger partial charge in [-0.15, -0.1) is 0 Å². The van der Waals surface area contributed by atoms with E-state index in [1.165, 1.54) is 27.8 Å². The van der Waals surface area contributed by atoms with E-state index in [0.29, 0.717) is 6.54 Å². The zero-order valence-corrected chi connectivity index (χ0v) is 15.3. The highest BCUT2D eigenvalue weighted by Crippen LogP contribution is 2.21. The first-order chi connectivity index (χ1) is 13.6. The molecule has 0 spiro atoms. The van der Waals surface area contributed by atoms with Crippen LogP contribution in [0.3, 0.4) is 0 Å². The zero-order valence-electron chi connectivity index (χ0n) is 15.3. The number of carbonyl (C=O) groups excluding carboxylic acids is 1. The Kier molecular flexibility index (Phi) is 5.04. The number of pyridine rings is 1. The van der Waals surface area contributed by atoms with Crippen LogP contribution in [0.2, 0.25) is 0 Å². The van der Waals surface area contributed by atoms with E-state index in [9.17, 15) is 14.0 Å². The maximum Gasteiger partial charge on any atom is 0.274 e. The number of halogens is 1. The second kappa shape index (κ2) is 7.78. The van der Waals surface area contributed by atoms with Crippen molar-refractivity contribution in [3.63, 3.8) is 0 Å². The third kappa shape index (κ3) is 4.02. The normalized spacial score (nSPS) is 13.3. The molecule has 6 heteroatoms. The van der Waals surface area contributed by atoms with Crippen LogP contribution >= 0.6 is 0 Å². The molecule has 0 fully saturated rings. The van der Waals surface area contributed by atoms with Crippen molar-refractivity contribution in [2.45, 2.75) is 19.6 Å². The van der Waals surface area contributed by atoms with Gasteiger partial charge in [0.2, 0.25) is 5.91 Å². The number of benzene rings is 2. The molecule has 142 valence electrons. The molecule has 1 amide bonds. The van der Waals surface area contributed by atoms with Crippen molar-refractivity contribution < 1.29 is 9.18 Å². The van der Waals surface area contributed by atoms with Crippen molar-refractivity contribution in [3.05, 3.63) is 99.7 Å². The van der Waals surface area contributed by atoms with Gasteiger partial charge in [-0.05, 0) is 41.0 Å². The summed E-state index contributed by atoms with van der Waals surface area (Å²) in [5, 5.41) is 2.73.